The topological polar surface area (TPSA) is 69.6 Å². The van der Waals surface area contributed by atoms with Crippen molar-refractivity contribution in [3.05, 3.63) is 0 Å². The summed E-state index contributed by atoms with van der Waals surface area (Å²) in [6.07, 6.45) is 2.10. The van der Waals surface area contributed by atoms with Gasteiger partial charge in [-0.1, -0.05) is 20.3 Å². The van der Waals surface area contributed by atoms with Crippen molar-refractivity contribution in [3.8, 4) is 0 Å². The molecular formula is C13H26N2O3. The molecule has 5 nitrogen and oxygen atoms in total. The highest BCUT2D eigenvalue weighted by Gasteiger charge is 2.34. The molecule has 0 aromatic carbocycles. The van der Waals surface area contributed by atoms with Gasteiger partial charge in [-0.25, -0.2) is 0 Å². The SMILES string of the molecule is CCCCN(CC)C(C)(C)C(=O)NC(C)C(=O)O. The Balaban J connectivity index is 4.66. The number of hydrogen-bond acceptors (Lipinski definition) is 3. The summed E-state index contributed by atoms with van der Waals surface area (Å²) in [6.45, 7) is 10.8. The summed E-state index contributed by atoms with van der Waals surface area (Å²) < 4.78 is 0. The highest BCUT2D eigenvalue weighted by Crippen LogP contribution is 2.15. The number of carbonyl (C=O) groups is 2. The largest absolute Gasteiger partial charge is 0.480 e. The monoisotopic (exact) mass is 258 g/mol. The molecule has 0 spiro atoms. The molecule has 0 aliphatic carbocycles. The molecule has 0 rings (SSSR count). The zero-order valence-corrected chi connectivity index (χ0v) is 12.1. The molecule has 0 aromatic rings. The van der Waals surface area contributed by atoms with Crippen LogP contribution in [0.5, 0.6) is 0 Å². The molecule has 1 atom stereocenters. The Morgan fingerprint density at radius 3 is 2.28 bits per heavy atom. The van der Waals surface area contributed by atoms with Crippen LogP contribution in [0.3, 0.4) is 0 Å². The van der Waals surface area contributed by atoms with Crippen molar-refractivity contribution in [2.45, 2.75) is 59.0 Å². The molecule has 18 heavy (non-hydrogen) atoms. The van der Waals surface area contributed by atoms with E-state index >= 15 is 0 Å². The molecular weight excluding hydrogens is 232 g/mol. The number of nitrogens with zero attached hydrogens (tertiary/aromatic N) is 1. The lowest BCUT2D eigenvalue weighted by atomic mass is 10.00. The molecule has 0 fully saturated rings. The van der Waals surface area contributed by atoms with Crippen LogP contribution in [0.1, 0.15) is 47.5 Å². The highest BCUT2D eigenvalue weighted by molar-refractivity contribution is 5.89. The van der Waals surface area contributed by atoms with Crippen molar-refractivity contribution >= 4 is 11.9 Å². The molecule has 0 aliphatic heterocycles. The van der Waals surface area contributed by atoms with Gasteiger partial charge in [-0.2, -0.15) is 0 Å². The molecule has 0 aromatic heterocycles. The zero-order valence-electron chi connectivity index (χ0n) is 12.1. The van der Waals surface area contributed by atoms with E-state index in [0.717, 1.165) is 25.9 Å². The Morgan fingerprint density at radius 2 is 1.89 bits per heavy atom. The van der Waals surface area contributed by atoms with Crippen LogP contribution >= 0.6 is 0 Å². The minimum absolute atomic E-state index is 0.240. The quantitative estimate of drug-likeness (QED) is 0.692. The number of carboxylic acid groups (broad SMARTS) is 1. The molecule has 1 amide bonds. The lowest BCUT2D eigenvalue weighted by molar-refractivity contribution is -0.143. The van der Waals surface area contributed by atoms with E-state index in [1.165, 1.54) is 6.92 Å². The van der Waals surface area contributed by atoms with Gasteiger partial charge in [0.25, 0.3) is 0 Å². The molecule has 0 saturated carbocycles. The summed E-state index contributed by atoms with van der Waals surface area (Å²) in [6, 6.07) is -0.860. The van der Waals surface area contributed by atoms with Crippen LogP contribution in [0.2, 0.25) is 0 Å². The predicted molar refractivity (Wildman–Crippen MR) is 71.5 cm³/mol. The number of rotatable bonds is 8. The van der Waals surface area contributed by atoms with Crippen LogP contribution in [-0.2, 0) is 9.59 Å². The number of aliphatic carboxylic acids is 1. The second kappa shape index (κ2) is 7.36. The fourth-order valence-corrected chi connectivity index (χ4v) is 1.76. The van der Waals surface area contributed by atoms with E-state index in [2.05, 4.69) is 17.1 Å². The summed E-state index contributed by atoms with van der Waals surface area (Å²) in [5.41, 5.74) is -0.687. The summed E-state index contributed by atoms with van der Waals surface area (Å²) >= 11 is 0. The summed E-state index contributed by atoms with van der Waals surface area (Å²) in [7, 11) is 0. The van der Waals surface area contributed by atoms with Crippen molar-refractivity contribution in [2.24, 2.45) is 0 Å². The van der Waals surface area contributed by atoms with Crippen LogP contribution in [0.15, 0.2) is 0 Å². The van der Waals surface area contributed by atoms with E-state index in [1.807, 2.05) is 20.8 Å². The van der Waals surface area contributed by atoms with Crippen molar-refractivity contribution in [1.29, 1.82) is 0 Å². The van der Waals surface area contributed by atoms with Gasteiger partial charge in [0.1, 0.15) is 6.04 Å². The average Bonchev–Trinajstić information content (AvgIpc) is 2.29. The Labute approximate surface area is 110 Å². The second-order valence-electron chi connectivity index (χ2n) is 5.03. The lowest BCUT2D eigenvalue weighted by Crippen LogP contribution is -2.57. The van der Waals surface area contributed by atoms with Crippen LogP contribution < -0.4 is 5.32 Å². The van der Waals surface area contributed by atoms with Gasteiger partial charge in [-0.05, 0) is 40.3 Å². The fraction of sp³-hybridized carbons (Fsp3) is 0.846. The lowest BCUT2D eigenvalue weighted by Gasteiger charge is -2.37. The third kappa shape index (κ3) is 4.64. The molecule has 2 N–H and O–H groups in total. The van der Waals surface area contributed by atoms with Gasteiger partial charge in [0.15, 0.2) is 0 Å². The first-order valence-corrected chi connectivity index (χ1v) is 6.56. The van der Waals surface area contributed by atoms with E-state index in [0.29, 0.717) is 0 Å². The van der Waals surface area contributed by atoms with E-state index in [-0.39, 0.29) is 5.91 Å². The maximum atomic E-state index is 12.1. The predicted octanol–water partition coefficient (Wildman–Crippen LogP) is 1.48. The van der Waals surface area contributed by atoms with Crippen molar-refractivity contribution in [2.75, 3.05) is 13.1 Å². The van der Waals surface area contributed by atoms with Crippen LogP contribution in [-0.4, -0.2) is 46.6 Å². The molecule has 5 heteroatoms. The summed E-state index contributed by atoms with van der Waals surface area (Å²) in [4.78, 5) is 24.9. The highest BCUT2D eigenvalue weighted by atomic mass is 16.4. The van der Waals surface area contributed by atoms with E-state index < -0.39 is 17.6 Å². The van der Waals surface area contributed by atoms with Gasteiger partial charge in [-0.3, -0.25) is 14.5 Å². The Kier molecular flexibility index (Phi) is 6.91. The second-order valence-corrected chi connectivity index (χ2v) is 5.03. The van der Waals surface area contributed by atoms with E-state index in [4.69, 9.17) is 5.11 Å². The molecule has 0 bridgehead atoms. The first kappa shape index (κ1) is 16.9. The first-order valence-electron chi connectivity index (χ1n) is 6.56. The average molecular weight is 258 g/mol. The van der Waals surface area contributed by atoms with Gasteiger partial charge in [-0.15, -0.1) is 0 Å². The van der Waals surface area contributed by atoms with Gasteiger partial charge in [0.2, 0.25) is 5.91 Å². The number of carboxylic acids is 1. The standard InChI is InChI=1S/C13H26N2O3/c1-6-8-9-15(7-2)13(4,5)12(18)14-10(3)11(16)17/h10H,6-9H2,1-5H3,(H,14,18)(H,16,17). The van der Waals surface area contributed by atoms with Crippen molar-refractivity contribution in [3.63, 3.8) is 0 Å². The normalized spacial score (nSPS) is 13.4. The van der Waals surface area contributed by atoms with E-state index in [1.54, 1.807) is 0 Å². The van der Waals surface area contributed by atoms with Gasteiger partial charge < -0.3 is 10.4 Å². The maximum Gasteiger partial charge on any atom is 0.325 e. The zero-order chi connectivity index (χ0) is 14.3. The fourth-order valence-electron chi connectivity index (χ4n) is 1.76. The van der Waals surface area contributed by atoms with Crippen molar-refractivity contribution < 1.29 is 14.7 Å². The number of unbranched alkanes of at least 4 members (excludes halogenated alkanes) is 1. The number of amides is 1. The molecule has 1 unspecified atom stereocenters. The van der Waals surface area contributed by atoms with Crippen LogP contribution in [0.25, 0.3) is 0 Å². The summed E-state index contributed by atoms with van der Waals surface area (Å²) in [5.74, 6) is -1.26. The van der Waals surface area contributed by atoms with Crippen LogP contribution in [0, 0.1) is 0 Å². The number of nitrogens with one attached hydrogen (secondary N) is 1. The smallest absolute Gasteiger partial charge is 0.325 e. The summed E-state index contributed by atoms with van der Waals surface area (Å²) in [5, 5.41) is 11.3. The number of likely N-dealkylation sites (N-methyl/N-ethyl adjacent to an activating group) is 1. The minimum Gasteiger partial charge on any atom is -0.480 e. The molecule has 0 heterocycles. The first-order chi connectivity index (χ1) is 8.27. The maximum absolute atomic E-state index is 12.1. The Hall–Kier alpha value is -1.10. The van der Waals surface area contributed by atoms with Gasteiger partial charge in [0, 0.05) is 0 Å². The molecule has 106 valence electrons. The molecule has 0 saturated heterocycles. The third-order valence-electron chi connectivity index (χ3n) is 3.23. The van der Waals surface area contributed by atoms with Crippen LogP contribution in [0.4, 0.5) is 0 Å². The Morgan fingerprint density at radius 1 is 1.33 bits per heavy atom. The number of carbonyl (C=O) groups excluding carboxylic acids is 1. The van der Waals surface area contributed by atoms with Gasteiger partial charge in [0.05, 0.1) is 5.54 Å². The number of hydrogen-bond donors (Lipinski definition) is 2. The molecule has 0 aliphatic rings. The Bertz CT molecular complexity index is 290. The van der Waals surface area contributed by atoms with Crippen molar-refractivity contribution in [1.82, 2.24) is 10.2 Å². The third-order valence-corrected chi connectivity index (χ3v) is 3.23. The minimum atomic E-state index is -1.02. The van der Waals surface area contributed by atoms with Gasteiger partial charge >= 0.3 is 5.97 Å². The van der Waals surface area contributed by atoms with E-state index in [9.17, 15) is 9.59 Å². The molecule has 0 radical (unpaired) electrons.